The number of imide groups is 1. The molecule has 4 rings (SSSR count). The third-order valence-corrected chi connectivity index (χ3v) is 7.48. The van der Waals surface area contributed by atoms with Crippen molar-refractivity contribution in [3.8, 4) is 0 Å². The Morgan fingerprint density at radius 3 is 2.62 bits per heavy atom. The summed E-state index contributed by atoms with van der Waals surface area (Å²) in [6.07, 6.45) is 6.01. The Labute approximate surface area is 187 Å². The zero-order valence-electron chi connectivity index (χ0n) is 18.7. The van der Waals surface area contributed by atoms with E-state index in [2.05, 4.69) is 9.88 Å². The van der Waals surface area contributed by atoms with Crippen LogP contribution >= 0.6 is 0 Å². The summed E-state index contributed by atoms with van der Waals surface area (Å²) in [6.45, 7) is 4.46. The molecule has 1 fully saturated rings. The van der Waals surface area contributed by atoms with E-state index < -0.39 is 33.4 Å². The molecule has 11 heteroatoms. The zero-order chi connectivity index (χ0) is 23.3. The van der Waals surface area contributed by atoms with Crippen LogP contribution in [0.25, 0.3) is 0 Å². The number of amides is 3. The van der Waals surface area contributed by atoms with Gasteiger partial charge in [0.05, 0.1) is 10.6 Å². The lowest BCUT2D eigenvalue weighted by Crippen LogP contribution is -2.55. The summed E-state index contributed by atoms with van der Waals surface area (Å²) in [6, 6.07) is 1.20. The van der Waals surface area contributed by atoms with Gasteiger partial charge in [-0.25, -0.2) is 17.9 Å². The third-order valence-electron chi connectivity index (χ3n) is 5.83. The first-order chi connectivity index (χ1) is 15.0. The van der Waals surface area contributed by atoms with Crippen molar-refractivity contribution in [2.24, 2.45) is 5.92 Å². The standard InChI is InChI=1S/C21H28N5O5S/c1-14-11-15(31-22-14)13-26-19(27)17-12-16(32(29,30)23-21(2)7-8-21)5-6-18(17)25(20(26)28)10-9-24(3)4/h5-6,11-12,17,23H,7-10,13H2,1-4H3/q+1. The third kappa shape index (κ3) is 4.45. The molecule has 0 spiro atoms. The van der Waals surface area contributed by atoms with E-state index >= 15 is 0 Å². The number of fused-ring (bicyclic) bond motifs is 1. The Balaban J connectivity index is 1.70. The van der Waals surface area contributed by atoms with Gasteiger partial charge in [-0.15, -0.1) is 0 Å². The number of nitrogens with one attached hydrogen (secondary N) is 1. The van der Waals surface area contributed by atoms with E-state index in [9.17, 15) is 18.0 Å². The van der Waals surface area contributed by atoms with Crippen LogP contribution in [0.3, 0.4) is 0 Å². The average Bonchev–Trinajstić information content (AvgIpc) is 3.28. The van der Waals surface area contributed by atoms with Crippen LogP contribution in [0.4, 0.5) is 4.79 Å². The van der Waals surface area contributed by atoms with Gasteiger partial charge >= 0.3 is 11.9 Å². The zero-order valence-corrected chi connectivity index (χ0v) is 19.5. The lowest BCUT2D eigenvalue weighted by atomic mass is 9.94. The second kappa shape index (κ2) is 8.05. The van der Waals surface area contributed by atoms with E-state index in [4.69, 9.17) is 4.52 Å². The normalized spacial score (nSPS) is 22.5. The minimum Gasteiger partial charge on any atom is -0.357 e. The van der Waals surface area contributed by atoms with Crippen LogP contribution in [0.2, 0.25) is 0 Å². The number of aryl methyl sites for hydroxylation is 1. The number of rotatable bonds is 8. The molecule has 0 saturated heterocycles. The van der Waals surface area contributed by atoms with Crippen LogP contribution in [0, 0.1) is 12.8 Å². The number of hydrogen-bond acceptors (Lipinski definition) is 7. The van der Waals surface area contributed by atoms with Gasteiger partial charge in [-0.1, -0.05) is 5.16 Å². The molecule has 32 heavy (non-hydrogen) atoms. The second-order valence-electron chi connectivity index (χ2n) is 9.07. The van der Waals surface area contributed by atoms with Gasteiger partial charge in [0, 0.05) is 18.2 Å². The molecule has 10 nitrogen and oxygen atoms in total. The second-order valence-corrected chi connectivity index (χ2v) is 10.7. The molecule has 1 unspecified atom stereocenters. The van der Waals surface area contributed by atoms with Gasteiger partial charge in [-0.3, -0.25) is 0 Å². The van der Waals surface area contributed by atoms with Crippen molar-refractivity contribution in [2.45, 2.75) is 38.8 Å². The van der Waals surface area contributed by atoms with E-state index in [0.717, 1.165) is 17.7 Å². The van der Waals surface area contributed by atoms with Gasteiger partial charge in [0.25, 0.3) is 0 Å². The van der Waals surface area contributed by atoms with Crippen LogP contribution in [-0.4, -0.2) is 78.3 Å². The summed E-state index contributed by atoms with van der Waals surface area (Å²) >= 11 is 0. The van der Waals surface area contributed by atoms with Crippen molar-refractivity contribution in [3.63, 3.8) is 0 Å². The highest BCUT2D eigenvalue weighted by atomic mass is 32.2. The number of sulfonamides is 1. The molecule has 0 radical (unpaired) electrons. The van der Waals surface area contributed by atoms with Gasteiger partial charge in [-0.05, 0) is 59.0 Å². The van der Waals surface area contributed by atoms with E-state index in [1.807, 2.05) is 25.9 Å². The monoisotopic (exact) mass is 462 g/mol. The van der Waals surface area contributed by atoms with Crippen molar-refractivity contribution in [3.05, 3.63) is 40.7 Å². The summed E-state index contributed by atoms with van der Waals surface area (Å²) < 4.78 is 35.2. The minimum absolute atomic E-state index is 0.0325. The van der Waals surface area contributed by atoms with E-state index in [0.29, 0.717) is 30.3 Å². The fourth-order valence-corrected chi connectivity index (χ4v) is 5.25. The molecular formula is C21H28N5O5S+. The molecule has 0 aromatic carbocycles. The largest absolute Gasteiger partial charge is 0.501 e. The SMILES string of the molecule is Cc1cc(CN2C(=O)C3C=C(S(=O)(=O)NC4(C)CC4)C=CC3=[N+](CCN(C)C)C2=O)on1. The Hall–Kier alpha value is -2.63. The smallest absolute Gasteiger partial charge is 0.357 e. The number of allylic oxidation sites excluding steroid dienone is 2. The molecule has 172 valence electrons. The molecule has 1 N–H and O–H groups in total. The van der Waals surface area contributed by atoms with Crippen LogP contribution in [0.15, 0.2) is 33.7 Å². The molecular weight excluding hydrogens is 434 g/mol. The number of urea groups is 1. The maximum absolute atomic E-state index is 13.3. The lowest BCUT2D eigenvalue weighted by Gasteiger charge is -2.28. The topological polar surface area (TPSA) is 116 Å². The highest BCUT2D eigenvalue weighted by Gasteiger charge is 2.49. The molecule has 2 aliphatic carbocycles. The van der Waals surface area contributed by atoms with Gasteiger partial charge in [0.15, 0.2) is 12.3 Å². The van der Waals surface area contributed by atoms with Gasteiger partial charge < -0.3 is 9.42 Å². The summed E-state index contributed by atoms with van der Waals surface area (Å²) in [5.41, 5.74) is 0.684. The molecule has 1 aromatic heterocycles. The van der Waals surface area contributed by atoms with Crippen molar-refractivity contribution < 1.29 is 27.1 Å². The lowest BCUT2D eigenvalue weighted by molar-refractivity contribution is -0.440. The number of nitrogens with zero attached hydrogens (tertiary/aromatic N) is 4. The van der Waals surface area contributed by atoms with Gasteiger partial charge in [-0.2, -0.15) is 14.3 Å². The fourth-order valence-electron chi connectivity index (χ4n) is 3.72. The molecule has 1 atom stereocenters. The average molecular weight is 463 g/mol. The van der Waals surface area contributed by atoms with E-state index in [1.165, 1.54) is 16.7 Å². The molecule has 1 saturated carbocycles. The maximum atomic E-state index is 13.3. The quantitative estimate of drug-likeness (QED) is 0.573. The summed E-state index contributed by atoms with van der Waals surface area (Å²) in [4.78, 5) is 29.6. The molecule has 1 aliphatic heterocycles. The number of aromatic nitrogens is 1. The van der Waals surface area contributed by atoms with Crippen LogP contribution in [0.1, 0.15) is 31.2 Å². The minimum atomic E-state index is -3.78. The highest BCUT2D eigenvalue weighted by molar-refractivity contribution is 7.93. The Bertz CT molecular complexity index is 1160. The summed E-state index contributed by atoms with van der Waals surface area (Å²) in [5.74, 6) is -0.996. The number of hydrogen-bond donors (Lipinski definition) is 1. The van der Waals surface area contributed by atoms with Crippen molar-refractivity contribution in [1.29, 1.82) is 0 Å². The van der Waals surface area contributed by atoms with E-state index in [-0.39, 0.29) is 11.4 Å². The molecule has 3 amide bonds. The Kier molecular flexibility index (Phi) is 5.68. The predicted molar refractivity (Wildman–Crippen MR) is 116 cm³/mol. The number of likely N-dealkylation sites (N-methyl/N-ethyl adjacent to an activating group) is 1. The highest BCUT2D eigenvalue weighted by Crippen LogP contribution is 2.36. The van der Waals surface area contributed by atoms with Gasteiger partial charge in [0.2, 0.25) is 10.0 Å². The van der Waals surface area contributed by atoms with Crippen molar-refractivity contribution in [1.82, 2.24) is 19.7 Å². The molecule has 3 aliphatic rings. The maximum Gasteiger partial charge on any atom is 0.501 e. The first-order valence-electron chi connectivity index (χ1n) is 10.5. The fraction of sp³-hybridized carbons (Fsp3) is 0.524. The van der Waals surface area contributed by atoms with Crippen LogP contribution in [-0.2, 0) is 21.4 Å². The number of carbonyl (C=O) groups is 2. The number of carbonyl (C=O) groups excluding carboxylic acids is 2. The molecule has 2 heterocycles. The van der Waals surface area contributed by atoms with Crippen molar-refractivity contribution >= 4 is 27.7 Å². The Morgan fingerprint density at radius 1 is 1.31 bits per heavy atom. The van der Waals surface area contributed by atoms with E-state index in [1.54, 1.807) is 19.1 Å². The summed E-state index contributed by atoms with van der Waals surface area (Å²) in [7, 11) is -0.0000812. The van der Waals surface area contributed by atoms with Crippen LogP contribution in [0.5, 0.6) is 0 Å². The first-order valence-corrected chi connectivity index (χ1v) is 12.0. The van der Waals surface area contributed by atoms with Crippen molar-refractivity contribution in [2.75, 3.05) is 27.2 Å². The predicted octanol–water partition coefficient (Wildman–Crippen LogP) is 1.00. The molecule has 0 bridgehead atoms. The Morgan fingerprint density at radius 2 is 2.03 bits per heavy atom. The van der Waals surface area contributed by atoms with Crippen LogP contribution < -0.4 is 4.72 Å². The molecule has 1 aromatic rings. The first kappa shape index (κ1) is 22.6. The summed E-state index contributed by atoms with van der Waals surface area (Å²) in [5, 5.41) is 3.82. The van der Waals surface area contributed by atoms with Gasteiger partial charge in [0.1, 0.15) is 18.2 Å².